The molecular weight excluding hydrogens is 342 g/mol. The second-order valence-electron chi connectivity index (χ2n) is 6.33. The number of ketones is 1. The first-order valence-electron chi connectivity index (χ1n) is 8.60. The zero-order valence-corrected chi connectivity index (χ0v) is 14.9. The monoisotopic (exact) mass is 359 g/mol. The Balaban J connectivity index is 1.77. The Morgan fingerprint density at radius 2 is 1.35 bits per heavy atom. The van der Waals surface area contributed by atoms with E-state index in [4.69, 9.17) is 11.6 Å². The van der Waals surface area contributed by atoms with Crippen molar-refractivity contribution in [3.8, 4) is 0 Å². The van der Waals surface area contributed by atoms with Crippen molar-refractivity contribution in [1.82, 2.24) is 4.90 Å². The number of nitrogens with zero attached hydrogens (tertiary/aromatic N) is 1. The third kappa shape index (κ3) is 3.16. The summed E-state index contributed by atoms with van der Waals surface area (Å²) in [6.07, 6.45) is 1.90. The van der Waals surface area contributed by atoms with E-state index in [0.29, 0.717) is 17.3 Å². The highest BCUT2D eigenvalue weighted by Gasteiger charge is 2.37. The van der Waals surface area contributed by atoms with Gasteiger partial charge in [0.1, 0.15) is 0 Å². The molecule has 0 unspecified atom stereocenters. The van der Waals surface area contributed by atoms with E-state index in [1.165, 1.54) is 0 Å². The molecule has 0 saturated carbocycles. The third-order valence-electron chi connectivity index (χ3n) is 4.65. The minimum atomic E-state index is 0.00355. The average Bonchev–Trinajstić information content (AvgIpc) is 2.69. The Morgan fingerprint density at radius 1 is 0.808 bits per heavy atom. The average molecular weight is 360 g/mol. The van der Waals surface area contributed by atoms with Crippen LogP contribution in [-0.4, -0.2) is 17.2 Å². The molecule has 128 valence electrons. The lowest BCUT2D eigenvalue weighted by Crippen LogP contribution is -2.47. The van der Waals surface area contributed by atoms with Crippen molar-refractivity contribution >= 4 is 23.5 Å². The van der Waals surface area contributed by atoms with Crippen LogP contribution < -0.4 is 0 Å². The van der Waals surface area contributed by atoms with Crippen molar-refractivity contribution in [2.24, 2.45) is 0 Å². The van der Waals surface area contributed by atoms with E-state index in [0.717, 1.165) is 16.7 Å². The fourth-order valence-corrected chi connectivity index (χ4v) is 3.54. The first-order valence-corrected chi connectivity index (χ1v) is 8.98. The number of benzene rings is 3. The molecule has 4 rings (SSSR count). The molecule has 3 heteroatoms. The van der Waals surface area contributed by atoms with Gasteiger partial charge in [-0.25, -0.2) is 0 Å². The fraction of sp³-hybridized carbons (Fsp3) is 0.0870. The van der Waals surface area contributed by atoms with E-state index in [2.05, 4.69) is 29.2 Å². The molecule has 3 aromatic carbocycles. The van der Waals surface area contributed by atoms with E-state index in [1.807, 2.05) is 66.7 Å². The van der Waals surface area contributed by atoms with Crippen LogP contribution >= 0.6 is 11.6 Å². The standard InChI is InChI=1S/C23H18ClNO/c24-20-14-8-7-13-19(20)15-21-22(26)16-25(21)23(17-9-3-1-4-10-17)18-11-5-2-6-12-18/h1-15,23H,16H2/b21-15+. The highest BCUT2D eigenvalue weighted by Crippen LogP contribution is 2.37. The van der Waals surface area contributed by atoms with Gasteiger partial charge in [0.25, 0.3) is 0 Å². The smallest absolute Gasteiger partial charge is 0.198 e. The second kappa shape index (κ2) is 7.19. The topological polar surface area (TPSA) is 20.3 Å². The van der Waals surface area contributed by atoms with Crippen LogP contribution in [0.25, 0.3) is 6.08 Å². The minimum Gasteiger partial charge on any atom is -0.350 e. The first kappa shape index (κ1) is 16.6. The van der Waals surface area contributed by atoms with Crippen molar-refractivity contribution < 1.29 is 4.79 Å². The predicted molar refractivity (Wildman–Crippen MR) is 106 cm³/mol. The van der Waals surface area contributed by atoms with Crippen molar-refractivity contribution in [1.29, 1.82) is 0 Å². The molecule has 2 nitrogen and oxygen atoms in total. The van der Waals surface area contributed by atoms with Crippen molar-refractivity contribution in [2.45, 2.75) is 6.04 Å². The summed E-state index contributed by atoms with van der Waals surface area (Å²) in [6, 6.07) is 28.2. The predicted octanol–water partition coefficient (Wildman–Crippen LogP) is 5.36. The van der Waals surface area contributed by atoms with Gasteiger partial charge in [-0.15, -0.1) is 0 Å². The Bertz CT molecular complexity index is 911. The molecule has 1 fully saturated rings. The minimum absolute atomic E-state index is 0.00355. The normalized spacial score (nSPS) is 15.4. The summed E-state index contributed by atoms with van der Waals surface area (Å²) < 4.78 is 0. The van der Waals surface area contributed by atoms with Crippen LogP contribution in [0, 0.1) is 0 Å². The maximum Gasteiger partial charge on any atom is 0.198 e. The van der Waals surface area contributed by atoms with Crippen LogP contribution in [0.5, 0.6) is 0 Å². The van der Waals surface area contributed by atoms with Crippen LogP contribution in [0.3, 0.4) is 0 Å². The number of hydrogen-bond acceptors (Lipinski definition) is 2. The van der Waals surface area contributed by atoms with E-state index in [-0.39, 0.29) is 11.8 Å². The molecule has 1 aliphatic heterocycles. The highest BCUT2D eigenvalue weighted by molar-refractivity contribution is 6.32. The van der Waals surface area contributed by atoms with E-state index < -0.39 is 0 Å². The number of halogens is 1. The van der Waals surface area contributed by atoms with Gasteiger partial charge in [-0.2, -0.15) is 0 Å². The molecule has 0 spiro atoms. The van der Waals surface area contributed by atoms with Gasteiger partial charge in [-0.05, 0) is 28.8 Å². The Kier molecular flexibility index (Phi) is 4.59. The zero-order valence-electron chi connectivity index (χ0n) is 14.2. The van der Waals surface area contributed by atoms with Crippen LogP contribution in [0.4, 0.5) is 0 Å². The van der Waals surface area contributed by atoms with E-state index >= 15 is 0 Å². The molecule has 1 saturated heterocycles. The summed E-state index contributed by atoms with van der Waals surface area (Å²) >= 11 is 6.28. The van der Waals surface area contributed by atoms with Gasteiger partial charge < -0.3 is 4.90 Å². The molecule has 0 N–H and O–H groups in total. The van der Waals surface area contributed by atoms with E-state index in [1.54, 1.807) is 0 Å². The highest BCUT2D eigenvalue weighted by atomic mass is 35.5. The van der Waals surface area contributed by atoms with Gasteiger partial charge in [0.15, 0.2) is 5.78 Å². The fourth-order valence-electron chi connectivity index (χ4n) is 3.35. The maximum atomic E-state index is 12.4. The van der Waals surface area contributed by atoms with Gasteiger partial charge in [-0.3, -0.25) is 4.79 Å². The zero-order chi connectivity index (χ0) is 17.9. The number of carbonyl (C=O) groups excluding carboxylic acids is 1. The van der Waals surface area contributed by atoms with Crippen LogP contribution in [0.1, 0.15) is 22.7 Å². The van der Waals surface area contributed by atoms with Crippen LogP contribution in [0.15, 0.2) is 90.6 Å². The van der Waals surface area contributed by atoms with Gasteiger partial charge in [0, 0.05) is 5.02 Å². The van der Waals surface area contributed by atoms with Gasteiger partial charge >= 0.3 is 0 Å². The molecule has 1 heterocycles. The first-order chi connectivity index (χ1) is 12.7. The van der Waals surface area contributed by atoms with E-state index in [9.17, 15) is 4.79 Å². The summed E-state index contributed by atoms with van der Waals surface area (Å²) in [4.78, 5) is 14.5. The largest absolute Gasteiger partial charge is 0.350 e. The molecule has 3 aromatic rings. The third-order valence-corrected chi connectivity index (χ3v) is 4.99. The Labute approximate surface area is 158 Å². The Hall–Kier alpha value is -2.84. The molecule has 0 atom stereocenters. The van der Waals surface area contributed by atoms with Gasteiger partial charge in [-0.1, -0.05) is 90.5 Å². The molecule has 0 amide bonds. The lowest BCUT2D eigenvalue weighted by molar-refractivity contribution is -0.124. The maximum absolute atomic E-state index is 12.4. The quantitative estimate of drug-likeness (QED) is 0.585. The van der Waals surface area contributed by atoms with Crippen molar-refractivity contribution in [3.05, 3.63) is 112 Å². The van der Waals surface area contributed by atoms with Crippen molar-refractivity contribution in [2.75, 3.05) is 6.54 Å². The summed E-state index contributed by atoms with van der Waals surface area (Å²) in [5.41, 5.74) is 3.89. The summed E-state index contributed by atoms with van der Waals surface area (Å²) in [7, 11) is 0. The number of carbonyl (C=O) groups is 1. The lowest BCUT2D eigenvalue weighted by atomic mass is 9.92. The summed E-state index contributed by atoms with van der Waals surface area (Å²) in [5, 5.41) is 0.649. The van der Waals surface area contributed by atoms with Gasteiger partial charge in [0.05, 0.1) is 18.3 Å². The molecule has 0 aromatic heterocycles. The summed E-state index contributed by atoms with van der Waals surface area (Å²) in [5.74, 6) is 0.141. The lowest BCUT2D eigenvalue weighted by Gasteiger charge is -2.42. The van der Waals surface area contributed by atoms with Crippen LogP contribution in [-0.2, 0) is 4.79 Å². The second-order valence-corrected chi connectivity index (χ2v) is 6.73. The SMILES string of the molecule is O=C1CN(C(c2ccccc2)c2ccccc2)/C1=C/c1ccccc1Cl. The molecular formula is C23H18ClNO. The molecule has 0 radical (unpaired) electrons. The number of rotatable bonds is 4. The van der Waals surface area contributed by atoms with Gasteiger partial charge in [0.2, 0.25) is 0 Å². The molecule has 0 aliphatic carbocycles. The van der Waals surface area contributed by atoms with Crippen molar-refractivity contribution in [3.63, 3.8) is 0 Å². The molecule has 1 aliphatic rings. The number of hydrogen-bond donors (Lipinski definition) is 0. The number of Topliss-reactive ketones (excluding diaryl/α,β-unsaturated/α-hetero) is 1. The summed E-state index contributed by atoms with van der Waals surface area (Å²) in [6.45, 7) is 0.407. The molecule has 26 heavy (non-hydrogen) atoms. The number of likely N-dealkylation sites (tertiary alicyclic amines) is 1. The Morgan fingerprint density at radius 3 is 1.88 bits per heavy atom. The van der Waals surface area contributed by atoms with Crippen LogP contribution in [0.2, 0.25) is 5.02 Å². The molecule has 0 bridgehead atoms.